The Bertz CT molecular complexity index is 1450. The first-order valence-corrected chi connectivity index (χ1v) is 12.7. The van der Waals surface area contributed by atoms with E-state index in [4.69, 9.17) is 9.47 Å². The van der Waals surface area contributed by atoms with Crippen LogP contribution in [-0.4, -0.2) is 23.9 Å². The smallest absolute Gasteiger partial charge is 0.272 e. The molecule has 0 bridgehead atoms. The van der Waals surface area contributed by atoms with Crippen LogP contribution in [0.1, 0.15) is 55.3 Å². The summed E-state index contributed by atoms with van der Waals surface area (Å²) in [6.07, 6.45) is 0.932. The molecule has 2 unspecified atom stereocenters. The lowest BCUT2D eigenvalue weighted by atomic mass is 9.78. The second-order valence-corrected chi connectivity index (χ2v) is 10.0. The summed E-state index contributed by atoms with van der Waals surface area (Å²) >= 11 is 0. The Kier molecular flexibility index (Phi) is 6.80. The molecular formula is C30H31N3O5. The SMILES string of the molecule is COc1cc(C2CC(=O)C3=C(C2)Nc2ccccc2NC3c2ccc(C)c([N+](=O)[O-])c2)ccc1OC(C)C. The largest absolute Gasteiger partial charge is 0.493 e. The molecule has 2 aliphatic rings. The average Bonchev–Trinajstić information content (AvgIpc) is 3.05. The maximum absolute atomic E-state index is 13.8. The van der Waals surface area contributed by atoms with Crippen LogP contribution in [0.25, 0.3) is 0 Å². The Hall–Kier alpha value is -4.33. The topological polar surface area (TPSA) is 103 Å². The van der Waals surface area contributed by atoms with Crippen molar-refractivity contribution in [1.29, 1.82) is 0 Å². The number of carbonyl (C=O) groups is 1. The van der Waals surface area contributed by atoms with Crippen molar-refractivity contribution in [2.75, 3.05) is 17.7 Å². The highest BCUT2D eigenvalue weighted by atomic mass is 16.6. The number of nitrogens with zero attached hydrogens (tertiary/aromatic N) is 1. The van der Waals surface area contributed by atoms with E-state index in [2.05, 4.69) is 10.6 Å². The monoisotopic (exact) mass is 513 g/mol. The van der Waals surface area contributed by atoms with Crippen molar-refractivity contribution in [1.82, 2.24) is 0 Å². The molecule has 1 aliphatic carbocycles. The van der Waals surface area contributed by atoms with Gasteiger partial charge in [-0.2, -0.15) is 0 Å². The van der Waals surface area contributed by atoms with E-state index >= 15 is 0 Å². The lowest BCUT2D eigenvalue weighted by Crippen LogP contribution is -2.27. The van der Waals surface area contributed by atoms with Crippen LogP contribution in [0.15, 0.2) is 71.9 Å². The minimum absolute atomic E-state index is 0.00115. The van der Waals surface area contributed by atoms with Gasteiger partial charge in [0.2, 0.25) is 0 Å². The summed E-state index contributed by atoms with van der Waals surface area (Å²) in [7, 11) is 1.61. The van der Waals surface area contributed by atoms with Gasteiger partial charge in [-0.3, -0.25) is 14.9 Å². The molecular weight excluding hydrogens is 482 g/mol. The van der Waals surface area contributed by atoms with Crippen LogP contribution in [0.3, 0.4) is 0 Å². The van der Waals surface area contributed by atoms with E-state index in [0.29, 0.717) is 41.0 Å². The van der Waals surface area contributed by atoms with Gasteiger partial charge in [-0.1, -0.05) is 30.3 Å². The van der Waals surface area contributed by atoms with Gasteiger partial charge in [-0.25, -0.2) is 0 Å². The molecule has 0 aromatic heterocycles. The maximum atomic E-state index is 13.8. The molecule has 0 radical (unpaired) electrons. The molecule has 0 saturated carbocycles. The van der Waals surface area contributed by atoms with Gasteiger partial charge in [-0.15, -0.1) is 0 Å². The fraction of sp³-hybridized carbons (Fsp3) is 0.300. The molecule has 38 heavy (non-hydrogen) atoms. The second-order valence-electron chi connectivity index (χ2n) is 10.0. The number of ketones is 1. The number of fused-ring (bicyclic) bond motifs is 1. The van der Waals surface area contributed by atoms with Crippen molar-refractivity contribution in [3.05, 3.63) is 98.7 Å². The van der Waals surface area contributed by atoms with Gasteiger partial charge in [0.25, 0.3) is 5.69 Å². The number of nitro benzene ring substituents is 1. The summed E-state index contributed by atoms with van der Waals surface area (Å²) < 4.78 is 11.5. The van der Waals surface area contributed by atoms with E-state index in [1.807, 2.05) is 62.4 Å². The second kappa shape index (κ2) is 10.2. The van der Waals surface area contributed by atoms with E-state index < -0.39 is 6.04 Å². The van der Waals surface area contributed by atoms with Gasteiger partial charge in [0.1, 0.15) is 0 Å². The van der Waals surface area contributed by atoms with Crippen molar-refractivity contribution in [3.63, 3.8) is 0 Å². The number of nitro groups is 1. The molecule has 3 aromatic carbocycles. The summed E-state index contributed by atoms with van der Waals surface area (Å²) in [4.78, 5) is 25.1. The number of aryl methyl sites for hydroxylation is 1. The molecule has 2 atom stereocenters. The molecule has 0 fully saturated rings. The zero-order chi connectivity index (χ0) is 27.0. The third-order valence-electron chi connectivity index (χ3n) is 7.09. The lowest BCUT2D eigenvalue weighted by molar-refractivity contribution is -0.385. The van der Waals surface area contributed by atoms with Gasteiger partial charge >= 0.3 is 0 Å². The van der Waals surface area contributed by atoms with Gasteiger partial charge in [-0.05, 0) is 68.5 Å². The van der Waals surface area contributed by atoms with E-state index in [0.717, 1.165) is 22.6 Å². The first kappa shape index (κ1) is 25.3. The number of nitrogens with one attached hydrogen (secondary N) is 2. The standard InChI is InChI=1S/C30H31N3O5/c1-17(2)38-27-12-11-19(16-28(27)37-4)21-13-24-29(26(34)15-21)30(32-23-8-6-5-7-22(23)31-24)20-10-9-18(3)25(14-20)33(35)36/h5-12,14,16-17,21,30-32H,13,15H2,1-4H3. The van der Waals surface area contributed by atoms with Gasteiger partial charge < -0.3 is 20.1 Å². The number of methoxy groups -OCH3 is 1. The summed E-state index contributed by atoms with van der Waals surface area (Å²) in [5.41, 5.74) is 5.40. The van der Waals surface area contributed by atoms with Gasteiger partial charge in [0, 0.05) is 29.3 Å². The number of allylic oxidation sites excluding steroid dienone is 1. The highest BCUT2D eigenvalue weighted by Gasteiger charge is 2.36. The van der Waals surface area contributed by atoms with E-state index in [1.165, 1.54) is 0 Å². The number of benzene rings is 3. The summed E-state index contributed by atoms with van der Waals surface area (Å²) in [5.74, 6) is 1.24. The molecule has 196 valence electrons. The molecule has 2 N–H and O–H groups in total. The van der Waals surface area contributed by atoms with Crippen LogP contribution in [0, 0.1) is 17.0 Å². The fourth-order valence-corrected chi connectivity index (χ4v) is 5.27. The predicted molar refractivity (Wildman–Crippen MR) is 147 cm³/mol. The van der Waals surface area contributed by atoms with Crippen molar-refractivity contribution in [2.45, 2.75) is 51.7 Å². The molecule has 8 heteroatoms. The van der Waals surface area contributed by atoms with Gasteiger partial charge in [0.15, 0.2) is 17.3 Å². The number of hydrogen-bond acceptors (Lipinski definition) is 7. The minimum atomic E-state index is -0.523. The van der Waals surface area contributed by atoms with Crippen LogP contribution >= 0.6 is 0 Å². The molecule has 0 amide bonds. The number of hydrogen-bond donors (Lipinski definition) is 2. The summed E-state index contributed by atoms with van der Waals surface area (Å²) in [6, 6.07) is 18.2. The van der Waals surface area contributed by atoms with Crippen LogP contribution in [-0.2, 0) is 4.79 Å². The molecule has 0 saturated heterocycles. The molecule has 1 heterocycles. The normalized spacial score (nSPS) is 18.6. The lowest BCUT2D eigenvalue weighted by Gasteiger charge is -2.30. The average molecular weight is 514 g/mol. The first-order valence-electron chi connectivity index (χ1n) is 12.7. The number of Topliss-reactive ketones (excluding diaryl/α,β-unsaturated/α-hetero) is 1. The van der Waals surface area contributed by atoms with Crippen LogP contribution in [0.5, 0.6) is 11.5 Å². The summed E-state index contributed by atoms with van der Waals surface area (Å²) in [5, 5.41) is 18.7. The summed E-state index contributed by atoms with van der Waals surface area (Å²) in [6.45, 7) is 5.64. The van der Waals surface area contributed by atoms with Crippen LogP contribution in [0.2, 0.25) is 0 Å². The van der Waals surface area contributed by atoms with E-state index in [-0.39, 0.29) is 28.4 Å². The number of carbonyl (C=O) groups excluding carboxylic acids is 1. The predicted octanol–water partition coefficient (Wildman–Crippen LogP) is 6.68. The Morgan fingerprint density at radius 2 is 1.71 bits per heavy atom. The Balaban J connectivity index is 1.57. The highest BCUT2D eigenvalue weighted by Crippen LogP contribution is 2.45. The van der Waals surface area contributed by atoms with Crippen LogP contribution in [0.4, 0.5) is 17.1 Å². The zero-order valence-electron chi connectivity index (χ0n) is 21.9. The zero-order valence-corrected chi connectivity index (χ0v) is 21.9. The fourth-order valence-electron chi connectivity index (χ4n) is 5.27. The molecule has 3 aromatic rings. The van der Waals surface area contributed by atoms with Crippen LogP contribution < -0.4 is 20.1 Å². The number of para-hydroxylation sites is 2. The third-order valence-corrected chi connectivity index (χ3v) is 7.09. The van der Waals surface area contributed by atoms with Gasteiger partial charge in [0.05, 0.1) is 35.6 Å². The van der Waals surface area contributed by atoms with E-state index in [1.54, 1.807) is 26.2 Å². The minimum Gasteiger partial charge on any atom is -0.493 e. The Labute approximate surface area is 221 Å². The quantitative estimate of drug-likeness (QED) is 0.280. The number of ether oxygens (including phenoxy) is 2. The third kappa shape index (κ3) is 4.81. The van der Waals surface area contributed by atoms with E-state index in [9.17, 15) is 14.9 Å². The van der Waals surface area contributed by atoms with Crippen molar-refractivity contribution in [2.24, 2.45) is 0 Å². The molecule has 5 rings (SSSR count). The number of rotatable bonds is 6. The van der Waals surface area contributed by atoms with Crippen molar-refractivity contribution < 1.29 is 19.2 Å². The number of anilines is 2. The molecule has 1 aliphatic heterocycles. The maximum Gasteiger partial charge on any atom is 0.272 e. The van der Waals surface area contributed by atoms with Crippen molar-refractivity contribution in [3.8, 4) is 11.5 Å². The highest BCUT2D eigenvalue weighted by molar-refractivity contribution is 6.01. The first-order chi connectivity index (χ1) is 18.2. The Morgan fingerprint density at radius 3 is 2.42 bits per heavy atom. The van der Waals surface area contributed by atoms with Crippen molar-refractivity contribution >= 4 is 22.8 Å². The molecule has 0 spiro atoms. The molecule has 8 nitrogen and oxygen atoms in total. The Morgan fingerprint density at radius 1 is 0.974 bits per heavy atom.